The van der Waals surface area contributed by atoms with Gasteiger partial charge in [-0.3, -0.25) is 4.79 Å². The number of hydrogen-bond donors (Lipinski definition) is 1. The Bertz CT molecular complexity index is 607. The maximum atomic E-state index is 12.7. The van der Waals surface area contributed by atoms with Crippen molar-refractivity contribution in [3.63, 3.8) is 0 Å². The molecule has 0 aromatic carbocycles. The average molecular weight is 358 g/mol. The summed E-state index contributed by atoms with van der Waals surface area (Å²) < 4.78 is 43.5. The Morgan fingerprint density at radius 3 is 2.52 bits per heavy atom. The van der Waals surface area contributed by atoms with Gasteiger partial charge in [0.25, 0.3) is 5.91 Å². The lowest BCUT2D eigenvalue weighted by Gasteiger charge is -2.41. The molecule has 1 aromatic rings. The Morgan fingerprint density at radius 1 is 1.28 bits per heavy atom. The third-order valence-corrected chi connectivity index (χ3v) is 4.58. The molecule has 3 rings (SSSR count). The Kier molecular flexibility index (Phi) is 4.88. The molecule has 1 atom stereocenters. The lowest BCUT2D eigenvalue weighted by Crippen LogP contribution is -2.61. The number of pyridine rings is 1. The molecule has 25 heavy (non-hydrogen) atoms. The van der Waals surface area contributed by atoms with E-state index in [1.165, 1.54) is 6.07 Å². The number of aromatic nitrogens is 1. The van der Waals surface area contributed by atoms with Crippen LogP contribution in [0.5, 0.6) is 0 Å². The van der Waals surface area contributed by atoms with Crippen LogP contribution in [0.2, 0.25) is 0 Å². The predicted octanol–water partition coefficient (Wildman–Crippen LogP) is 1.13. The van der Waals surface area contributed by atoms with Gasteiger partial charge < -0.3 is 19.9 Å². The maximum Gasteiger partial charge on any atom is 0.417 e. The summed E-state index contributed by atoms with van der Waals surface area (Å²) in [6, 6.07) is 2.40. The highest BCUT2D eigenvalue weighted by molar-refractivity contribution is 5.85. The van der Waals surface area contributed by atoms with Gasteiger partial charge in [-0.15, -0.1) is 0 Å². The van der Waals surface area contributed by atoms with E-state index in [0.29, 0.717) is 45.1 Å². The van der Waals surface area contributed by atoms with Gasteiger partial charge in [-0.25, -0.2) is 4.98 Å². The quantitative estimate of drug-likeness (QED) is 0.859. The number of hydrogen-bond acceptors (Lipinski definition) is 5. The molecule has 6 nitrogen and oxygen atoms in total. The first kappa shape index (κ1) is 17.9. The van der Waals surface area contributed by atoms with Crippen molar-refractivity contribution in [1.29, 1.82) is 0 Å². The minimum Gasteiger partial charge on any atom is -0.363 e. The number of piperazine rings is 1. The number of nitrogens with one attached hydrogen (secondary N) is 1. The van der Waals surface area contributed by atoms with Crippen LogP contribution in [0.25, 0.3) is 0 Å². The molecule has 0 spiro atoms. The van der Waals surface area contributed by atoms with Gasteiger partial charge in [0.2, 0.25) is 0 Å². The molecular formula is C16H21F3N4O2. The van der Waals surface area contributed by atoms with Gasteiger partial charge in [-0.05, 0) is 19.1 Å². The van der Waals surface area contributed by atoms with Crippen molar-refractivity contribution in [2.45, 2.75) is 18.7 Å². The third-order valence-electron chi connectivity index (χ3n) is 4.58. The predicted molar refractivity (Wildman–Crippen MR) is 85.3 cm³/mol. The van der Waals surface area contributed by atoms with E-state index < -0.39 is 17.3 Å². The van der Waals surface area contributed by atoms with E-state index in [0.717, 1.165) is 18.8 Å². The van der Waals surface area contributed by atoms with Crippen LogP contribution >= 0.6 is 0 Å². The molecule has 9 heteroatoms. The van der Waals surface area contributed by atoms with Crippen molar-refractivity contribution in [2.24, 2.45) is 0 Å². The van der Waals surface area contributed by atoms with Crippen LogP contribution in [0, 0.1) is 0 Å². The zero-order chi connectivity index (χ0) is 18.1. The van der Waals surface area contributed by atoms with Crippen molar-refractivity contribution in [3.8, 4) is 0 Å². The smallest absolute Gasteiger partial charge is 0.363 e. The van der Waals surface area contributed by atoms with Gasteiger partial charge in [-0.1, -0.05) is 0 Å². The highest BCUT2D eigenvalue weighted by Crippen LogP contribution is 2.29. The Morgan fingerprint density at radius 2 is 2.00 bits per heavy atom. The van der Waals surface area contributed by atoms with Gasteiger partial charge in [-0.2, -0.15) is 13.2 Å². The van der Waals surface area contributed by atoms with Crippen LogP contribution in [-0.2, 0) is 15.7 Å². The van der Waals surface area contributed by atoms with Gasteiger partial charge in [0.05, 0.1) is 12.2 Å². The minimum atomic E-state index is -4.39. The van der Waals surface area contributed by atoms with Gasteiger partial charge in [0.1, 0.15) is 5.82 Å². The second-order valence-electron chi connectivity index (χ2n) is 6.44. The first-order valence-electron chi connectivity index (χ1n) is 8.22. The molecule has 2 fully saturated rings. The summed E-state index contributed by atoms with van der Waals surface area (Å²) in [6.07, 6.45) is -3.55. The maximum absolute atomic E-state index is 12.7. The van der Waals surface area contributed by atoms with Crippen molar-refractivity contribution in [2.75, 3.05) is 50.8 Å². The zero-order valence-electron chi connectivity index (χ0n) is 14.0. The van der Waals surface area contributed by atoms with E-state index in [1.54, 1.807) is 11.8 Å². The van der Waals surface area contributed by atoms with E-state index >= 15 is 0 Å². The van der Waals surface area contributed by atoms with Crippen molar-refractivity contribution >= 4 is 11.7 Å². The normalized spacial score (nSPS) is 25.1. The Labute approximate surface area is 143 Å². The number of alkyl halides is 3. The van der Waals surface area contributed by atoms with E-state index in [4.69, 9.17) is 4.74 Å². The first-order valence-corrected chi connectivity index (χ1v) is 8.22. The number of carbonyl (C=O) groups is 1. The fourth-order valence-corrected chi connectivity index (χ4v) is 3.08. The van der Waals surface area contributed by atoms with E-state index in [9.17, 15) is 18.0 Å². The third kappa shape index (κ3) is 3.87. The summed E-state index contributed by atoms with van der Waals surface area (Å²) >= 11 is 0. The molecule has 2 aliphatic heterocycles. The number of carbonyl (C=O) groups excluding carboxylic acids is 1. The molecular weight excluding hydrogens is 337 g/mol. The van der Waals surface area contributed by atoms with E-state index in [-0.39, 0.29) is 5.91 Å². The molecule has 138 valence electrons. The van der Waals surface area contributed by atoms with Gasteiger partial charge in [0, 0.05) is 45.5 Å². The lowest BCUT2D eigenvalue weighted by molar-refractivity contribution is -0.159. The molecule has 0 aliphatic carbocycles. The zero-order valence-corrected chi connectivity index (χ0v) is 14.0. The monoisotopic (exact) mass is 358 g/mol. The number of halogens is 3. The van der Waals surface area contributed by atoms with Crippen LogP contribution in [0.15, 0.2) is 18.3 Å². The Balaban J connectivity index is 1.59. The average Bonchev–Trinajstić information content (AvgIpc) is 2.61. The molecule has 1 aromatic heterocycles. The molecule has 3 heterocycles. The highest BCUT2D eigenvalue weighted by Gasteiger charge is 2.40. The number of rotatable bonds is 2. The second-order valence-corrected chi connectivity index (χ2v) is 6.44. The highest BCUT2D eigenvalue weighted by atomic mass is 19.4. The van der Waals surface area contributed by atoms with Crippen LogP contribution in [0.1, 0.15) is 12.5 Å². The van der Waals surface area contributed by atoms with Gasteiger partial charge >= 0.3 is 6.18 Å². The van der Waals surface area contributed by atoms with Gasteiger partial charge in [0.15, 0.2) is 5.60 Å². The summed E-state index contributed by atoms with van der Waals surface area (Å²) in [7, 11) is 0. The van der Waals surface area contributed by atoms with E-state index in [2.05, 4.69) is 10.3 Å². The molecule has 0 saturated carbocycles. The van der Waals surface area contributed by atoms with Crippen LogP contribution in [0.3, 0.4) is 0 Å². The summed E-state index contributed by atoms with van der Waals surface area (Å²) in [6.45, 7) is 5.51. The minimum absolute atomic E-state index is 0.0558. The molecule has 0 bridgehead atoms. The van der Waals surface area contributed by atoms with Crippen molar-refractivity contribution in [1.82, 2.24) is 15.2 Å². The number of anilines is 1. The molecule has 0 unspecified atom stereocenters. The number of ether oxygens (including phenoxy) is 1. The summed E-state index contributed by atoms with van der Waals surface area (Å²) in [4.78, 5) is 20.2. The molecule has 2 aliphatic rings. The largest absolute Gasteiger partial charge is 0.417 e. The second kappa shape index (κ2) is 6.80. The molecule has 0 radical (unpaired) electrons. The Hall–Kier alpha value is -1.87. The molecule has 2 saturated heterocycles. The standard InChI is InChI=1S/C16H21F3N4O2/c1-15(11-20-4-9-25-15)14(24)23-7-5-22(6-8-23)13-3-2-12(10-21-13)16(17,18)19/h2-3,10,20H,4-9,11H2,1H3/t15-/m1/s1. The SMILES string of the molecule is C[C@]1(C(=O)N2CCN(c3ccc(C(F)(F)F)cn3)CC2)CNCCO1. The number of nitrogens with zero attached hydrogens (tertiary/aromatic N) is 3. The van der Waals surface area contributed by atoms with Crippen molar-refractivity contribution < 1.29 is 22.7 Å². The molecule has 1 N–H and O–H groups in total. The van der Waals surface area contributed by atoms with Crippen LogP contribution < -0.4 is 10.2 Å². The van der Waals surface area contributed by atoms with E-state index in [1.807, 2.05) is 4.90 Å². The topological polar surface area (TPSA) is 57.7 Å². The number of morpholine rings is 1. The lowest BCUT2D eigenvalue weighted by atomic mass is 10.0. The fraction of sp³-hybridized carbons (Fsp3) is 0.625. The summed E-state index contributed by atoms with van der Waals surface area (Å²) in [5.74, 6) is 0.432. The first-order chi connectivity index (χ1) is 11.8. The summed E-state index contributed by atoms with van der Waals surface area (Å²) in [5, 5.41) is 3.16. The number of amides is 1. The van der Waals surface area contributed by atoms with Crippen LogP contribution in [0.4, 0.5) is 19.0 Å². The fourth-order valence-electron chi connectivity index (χ4n) is 3.08. The van der Waals surface area contributed by atoms with Crippen molar-refractivity contribution in [3.05, 3.63) is 23.9 Å². The summed E-state index contributed by atoms with van der Waals surface area (Å²) in [5.41, 5.74) is -1.62. The van der Waals surface area contributed by atoms with Crippen LogP contribution in [-0.4, -0.2) is 67.3 Å². The molecule has 1 amide bonds.